The number of nitrogens with zero attached hydrogens (tertiary/aromatic N) is 3. The van der Waals surface area contributed by atoms with Gasteiger partial charge in [-0.1, -0.05) is 30.3 Å². The van der Waals surface area contributed by atoms with Crippen molar-refractivity contribution in [1.29, 1.82) is 0 Å². The molecule has 1 unspecified atom stereocenters. The summed E-state index contributed by atoms with van der Waals surface area (Å²) in [4.78, 5) is 41.4. The number of hydrogen-bond acceptors (Lipinski definition) is 5. The number of likely N-dealkylation sites (tertiary alicyclic amines) is 1. The second kappa shape index (κ2) is 8.18. The third kappa shape index (κ3) is 3.74. The van der Waals surface area contributed by atoms with Crippen LogP contribution in [0.5, 0.6) is 0 Å². The van der Waals surface area contributed by atoms with E-state index in [1.54, 1.807) is 24.3 Å². The number of nitrogens with one attached hydrogen (secondary N) is 1. The molecular weight excluding hydrogens is 444 g/mol. The molecule has 0 radical (unpaired) electrons. The van der Waals surface area contributed by atoms with Gasteiger partial charge in [-0.25, -0.2) is 13.2 Å². The van der Waals surface area contributed by atoms with Crippen LogP contribution in [0.1, 0.15) is 18.4 Å². The van der Waals surface area contributed by atoms with Crippen LogP contribution in [0, 0.1) is 0 Å². The summed E-state index contributed by atoms with van der Waals surface area (Å²) in [5.74, 6) is -0.351. The molecule has 1 fully saturated rings. The van der Waals surface area contributed by atoms with Gasteiger partial charge in [0.2, 0.25) is 15.9 Å². The number of hydrogen-bond donors (Lipinski definition) is 1. The van der Waals surface area contributed by atoms with Crippen molar-refractivity contribution in [3.63, 3.8) is 0 Å². The number of sulfonamides is 1. The molecule has 5 rings (SSSR count). The SMILES string of the molecule is O=C(Cn1c(=O)[nH]c(=O)c2ccccc21)N1CCCC(S(=O)(=O)N2CCc3ccccc32)C1. The Morgan fingerprint density at radius 1 is 1.03 bits per heavy atom. The summed E-state index contributed by atoms with van der Waals surface area (Å²) in [7, 11) is -3.64. The smallest absolute Gasteiger partial charge is 0.329 e. The molecule has 9 nitrogen and oxygen atoms in total. The molecule has 2 aromatic carbocycles. The number of piperidine rings is 1. The van der Waals surface area contributed by atoms with Crippen molar-refractivity contribution in [1.82, 2.24) is 14.5 Å². The molecule has 0 saturated carbocycles. The Balaban J connectivity index is 1.38. The van der Waals surface area contributed by atoms with Gasteiger partial charge in [-0.05, 0) is 43.0 Å². The first-order chi connectivity index (χ1) is 15.9. The Bertz CT molecular complexity index is 1460. The summed E-state index contributed by atoms with van der Waals surface area (Å²) in [6, 6.07) is 14.1. The fourth-order valence-electron chi connectivity index (χ4n) is 4.79. The van der Waals surface area contributed by atoms with Gasteiger partial charge in [0.1, 0.15) is 6.54 Å². The molecule has 1 N–H and O–H groups in total. The molecule has 2 aliphatic rings. The molecule has 0 aliphatic carbocycles. The van der Waals surface area contributed by atoms with Crippen LogP contribution in [0.3, 0.4) is 0 Å². The molecule has 1 aromatic heterocycles. The van der Waals surface area contributed by atoms with Crippen molar-refractivity contribution >= 4 is 32.5 Å². The van der Waals surface area contributed by atoms with Crippen LogP contribution in [0.15, 0.2) is 58.1 Å². The number of fused-ring (bicyclic) bond motifs is 2. The number of para-hydroxylation sites is 2. The van der Waals surface area contributed by atoms with E-state index >= 15 is 0 Å². The van der Waals surface area contributed by atoms with Crippen LogP contribution in [0.2, 0.25) is 0 Å². The zero-order chi connectivity index (χ0) is 23.2. The minimum atomic E-state index is -3.64. The number of aromatic amines is 1. The minimum Gasteiger partial charge on any atom is -0.340 e. The molecule has 10 heteroatoms. The maximum atomic E-state index is 13.4. The normalized spacial score (nSPS) is 18.5. The second-order valence-electron chi connectivity index (χ2n) is 8.46. The summed E-state index contributed by atoms with van der Waals surface area (Å²) in [5.41, 5.74) is 0.923. The highest BCUT2D eigenvalue weighted by Gasteiger charge is 2.39. The van der Waals surface area contributed by atoms with Crippen molar-refractivity contribution in [3.05, 3.63) is 74.9 Å². The first kappa shape index (κ1) is 21.4. The van der Waals surface area contributed by atoms with Crippen LogP contribution in [0.25, 0.3) is 10.9 Å². The maximum absolute atomic E-state index is 13.4. The van der Waals surface area contributed by atoms with Crippen molar-refractivity contribution in [2.45, 2.75) is 31.1 Å². The third-order valence-corrected chi connectivity index (χ3v) is 8.72. The lowest BCUT2D eigenvalue weighted by Gasteiger charge is -2.35. The lowest BCUT2D eigenvalue weighted by Crippen LogP contribution is -2.50. The standard InChI is InChI=1S/C23H24N4O5S/c28-21(15-26-20-10-4-2-8-18(20)22(29)24-23(26)30)25-12-5-7-17(14-25)33(31,32)27-13-11-16-6-1-3-9-19(16)27/h1-4,6,8-10,17H,5,7,11-15H2,(H,24,29,30). The Kier molecular flexibility index (Phi) is 5.32. The van der Waals surface area contributed by atoms with E-state index in [-0.39, 0.29) is 19.0 Å². The minimum absolute atomic E-state index is 0.0792. The third-order valence-electron chi connectivity index (χ3n) is 6.50. The number of aromatic nitrogens is 2. The molecule has 1 atom stereocenters. The highest BCUT2D eigenvalue weighted by atomic mass is 32.2. The van der Waals surface area contributed by atoms with Crippen molar-refractivity contribution in [2.75, 3.05) is 23.9 Å². The number of carbonyl (C=O) groups is 1. The molecule has 33 heavy (non-hydrogen) atoms. The average Bonchev–Trinajstić information content (AvgIpc) is 3.27. The number of amides is 1. The van der Waals surface area contributed by atoms with E-state index in [2.05, 4.69) is 4.98 Å². The van der Waals surface area contributed by atoms with Gasteiger partial charge in [-0.15, -0.1) is 0 Å². The van der Waals surface area contributed by atoms with E-state index in [0.717, 1.165) is 5.56 Å². The molecule has 3 heterocycles. The van der Waals surface area contributed by atoms with Gasteiger partial charge in [0, 0.05) is 19.6 Å². The lowest BCUT2D eigenvalue weighted by molar-refractivity contribution is -0.132. The molecule has 0 bridgehead atoms. The topological polar surface area (TPSA) is 113 Å². The van der Waals surface area contributed by atoms with Crippen LogP contribution >= 0.6 is 0 Å². The van der Waals surface area contributed by atoms with Crippen LogP contribution < -0.4 is 15.6 Å². The molecule has 1 amide bonds. The quantitative estimate of drug-likeness (QED) is 0.616. The zero-order valence-electron chi connectivity index (χ0n) is 17.9. The fourth-order valence-corrected chi connectivity index (χ4v) is 6.79. The van der Waals surface area contributed by atoms with Crippen LogP contribution in [-0.2, 0) is 27.8 Å². The molecule has 3 aromatic rings. The summed E-state index contributed by atoms with van der Waals surface area (Å²) < 4.78 is 29.6. The molecule has 172 valence electrons. The van der Waals surface area contributed by atoms with Gasteiger partial charge in [0.05, 0.1) is 21.8 Å². The van der Waals surface area contributed by atoms with E-state index < -0.39 is 26.5 Å². The lowest BCUT2D eigenvalue weighted by atomic mass is 10.1. The van der Waals surface area contributed by atoms with Crippen molar-refractivity contribution in [3.8, 4) is 0 Å². The van der Waals surface area contributed by atoms with Gasteiger partial charge >= 0.3 is 5.69 Å². The predicted molar refractivity (Wildman–Crippen MR) is 125 cm³/mol. The summed E-state index contributed by atoms with van der Waals surface area (Å²) in [5, 5.41) is -0.387. The van der Waals surface area contributed by atoms with Gasteiger partial charge in [-0.2, -0.15) is 0 Å². The molecular formula is C23H24N4O5S. The van der Waals surface area contributed by atoms with E-state index in [1.165, 1.54) is 13.8 Å². The Labute approximate surface area is 190 Å². The van der Waals surface area contributed by atoms with Crippen LogP contribution in [0.4, 0.5) is 5.69 Å². The number of carbonyl (C=O) groups excluding carboxylic acids is 1. The molecule has 2 aliphatic heterocycles. The number of anilines is 1. The Morgan fingerprint density at radius 2 is 1.79 bits per heavy atom. The van der Waals surface area contributed by atoms with Crippen LogP contribution in [-0.4, -0.2) is 53.7 Å². The van der Waals surface area contributed by atoms with Crippen molar-refractivity contribution in [2.24, 2.45) is 0 Å². The van der Waals surface area contributed by atoms with E-state index in [0.29, 0.717) is 48.9 Å². The number of rotatable bonds is 4. The Hall–Kier alpha value is -3.40. The fraction of sp³-hybridized carbons (Fsp3) is 0.348. The maximum Gasteiger partial charge on any atom is 0.329 e. The number of H-pyrrole nitrogens is 1. The van der Waals surface area contributed by atoms with E-state index in [9.17, 15) is 22.8 Å². The average molecular weight is 469 g/mol. The Morgan fingerprint density at radius 3 is 2.64 bits per heavy atom. The van der Waals surface area contributed by atoms with E-state index in [4.69, 9.17) is 0 Å². The zero-order valence-corrected chi connectivity index (χ0v) is 18.8. The highest BCUT2D eigenvalue weighted by Crippen LogP contribution is 2.33. The summed E-state index contributed by atoms with van der Waals surface area (Å²) >= 11 is 0. The van der Waals surface area contributed by atoms with E-state index in [1.807, 2.05) is 24.3 Å². The molecule has 0 spiro atoms. The van der Waals surface area contributed by atoms with Gasteiger partial charge in [0.25, 0.3) is 5.56 Å². The van der Waals surface area contributed by atoms with Crippen molar-refractivity contribution < 1.29 is 13.2 Å². The van der Waals surface area contributed by atoms with Gasteiger partial charge in [-0.3, -0.25) is 23.4 Å². The van der Waals surface area contributed by atoms with Gasteiger partial charge in [0.15, 0.2) is 0 Å². The largest absolute Gasteiger partial charge is 0.340 e. The second-order valence-corrected chi connectivity index (χ2v) is 10.6. The number of benzene rings is 2. The monoisotopic (exact) mass is 468 g/mol. The predicted octanol–water partition coefficient (Wildman–Crippen LogP) is 1.07. The first-order valence-corrected chi connectivity index (χ1v) is 12.5. The van der Waals surface area contributed by atoms with Gasteiger partial charge < -0.3 is 4.90 Å². The molecule has 1 saturated heterocycles. The highest BCUT2D eigenvalue weighted by molar-refractivity contribution is 7.93. The summed E-state index contributed by atoms with van der Waals surface area (Å²) in [6.45, 7) is 0.647. The summed E-state index contributed by atoms with van der Waals surface area (Å²) in [6.07, 6.45) is 1.71. The first-order valence-electron chi connectivity index (χ1n) is 11.0.